The van der Waals surface area contributed by atoms with Crippen molar-refractivity contribution in [2.24, 2.45) is 5.73 Å². The standard InChI is InChI=1S/C28H28FN5O5/c1-38-27(34-14-20-9-10-23(35)24(29)21(20)15-34)26(36)33-13-19-8-7-18(25(30)31)11-22(19)32-12-16-3-5-17(6-4-16)28(37)39-2/h3-11,14,27,32H,12-13,15H2,1-2H3,(H3,30,31)(H,33,36). The van der Waals surface area contributed by atoms with Gasteiger partial charge in [0.05, 0.1) is 12.7 Å². The fourth-order valence-corrected chi connectivity index (χ4v) is 4.25. The van der Waals surface area contributed by atoms with E-state index in [4.69, 9.17) is 20.6 Å². The zero-order valence-electron chi connectivity index (χ0n) is 21.4. The highest BCUT2D eigenvalue weighted by molar-refractivity contribution is 6.05. The molecule has 2 aromatic carbocycles. The Hall–Kier alpha value is -4.77. The first-order chi connectivity index (χ1) is 18.7. The van der Waals surface area contributed by atoms with Gasteiger partial charge in [-0.25, -0.2) is 9.18 Å². The van der Waals surface area contributed by atoms with E-state index in [1.807, 2.05) is 0 Å². The highest BCUT2D eigenvalue weighted by Crippen LogP contribution is 2.31. The summed E-state index contributed by atoms with van der Waals surface area (Å²) >= 11 is 0. The third-order valence-corrected chi connectivity index (χ3v) is 6.37. The lowest BCUT2D eigenvalue weighted by Gasteiger charge is -2.25. The van der Waals surface area contributed by atoms with E-state index in [0.717, 1.165) is 17.2 Å². The van der Waals surface area contributed by atoms with Gasteiger partial charge in [0.1, 0.15) is 5.84 Å². The van der Waals surface area contributed by atoms with Crippen LogP contribution in [-0.2, 0) is 32.2 Å². The lowest BCUT2D eigenvalue weighted by Crippen LogP contribution is -2.45. The average Bonchev–Trinajstić information content (AvgIpc) is 3.37. The molecule has 1 unspecified atom stereocenters. The minimum Gasteiger partial charge on any atom is -0.465 e. The maximum atomic E-state index is 14.3. The highest BCUT2D eigenvalue weighted by Gasteiger charge is 2.33. The SMILES string of the molecule is COC(=O)c1ccc(CNc2cc(C(=N)N)ccc2CNC(=O)C(OC)N2C=C3C=CC(=O)C(F)=C3C2)cc1. The number of esters is 1. The number of anilines is 1. The number of carbonyl (C=O) groups is 3. The zero-order chi connectivity index (χ0) is 28.1. The van der Waals surface area contributed by atoms with Gasteiger partial charge in [0.15, 0.2) is 5.83 Å². The summed E-state index contributed by atoms with van der Waals surface area (Å²) in [6.45, 7) is 0.553. The molecule has 2 aromatic rings. The van der Waals surface area contributed by atoms with Gasteiger partial charge in [-0.15, -0.1) is 0 Å². The molecule has 10 nitrogen and oxygen atoms in total. The summed E-state index contributed by atoms with van der Waals surface area (Å²) < 4.78 is 24.4. The van der Waals surface area contributed by atoms with Crippen molar-refractivity contribution >= 4 is 29.2 Å². The molecule has 202 valence electrons. The van der Waals surface area contributed by atoms with Crippen molar-refractivity contribution in [3.63, 3.8) is 0 Å². The number of halogens is 1. The second-order valence-electron chi connectivity index (χ2n) is 8.88. The lowest BCUT2D eigenvalue weighted by molar-refractivity contribution is -0.139. The van der Waals surface area contributed by atoms with E-state index in [9.17, 15) is 18.8 Å². The summed E-state index contributed by atoms with van der Waals surface area (Å²) in [7, 11) is 2.69. The summed E-state index contributed by atoms with van der Waals surface area (Å²) in [6, 6.07) is 12.1. The number of rotatable bonds is 10. The van der Waals surface area contributed by atoms with Crippen LogP contribution in [0.2, 0.25) is 0 Å². The molecule has 0 fully saturated rings. The molecule has 11 heteroatoms. The molecule has 5 N–H and O–H groups in total. The first kappa shape index (κ1) is 27.3. The Morgan fingerprint density at radius 3 is 2.49 bits per heavy atom. The Balaban J connectivity index is 1.45. The Morgan fingerprint density at radius 1 is 1.10 bits per heavy atom. The maximum absolute atomic E-state index is 14.3. The van der Waals surface area contributed by atoms with Crippen molar-refractivity contribution in [2.75, 3.05) is 26.1 Å². The third-order valence-electron chi connectivity index (χ3n) is 6.37. The number of benzene rings is 2. The summed E-state index contributed by atoms with van der Waals surface area (Å²) in [5.41, 5.74) is 9.63. The number of hydrogen-bond donors (Lipinski definition) is 4. The summed E-state index contributed by atoms with van der Waals surface area (Å²) in [5.74, 6) is -2.51. The minimum atomic E-state index is -1.05. The van der Waals surface area contributed by atoms with Crippen LogP contribution in [0.3, 0.4) is 0 Å². The number of nitrogens with zero attached hydrogens (tertiary/aromatic N) is 1. The Labute approximate surface area is 224 Å². The number of fused-ring (bicyclic) bond motifs is 1. The largest absolute Gasteiger partial charge is 0.465 e. The van der Waals surface area contributed by atoms with Gasteiger partial charge in [-0.2, -0.15) is 0 Å². The van der Waals surface area contributed by atoms with Gasteiger partial charge >= 0.3 is 5.97 Å². The number of hydrogen-bond acceptors (Lipinski definition) is 8. The fraction of sp³-hybridized carbons (Fsp3) is 0.214. The quantitative estimate of drug-likeness (QED) is 0.207. The monoisotopic (exact) mass is 533 g/mol. The second kappa shape index (κ2) is 11.7. The van der Waals surface area contributed by atoms with Crippen molar-refractivity contribution in [1.29, 1.82) is 5.41 Å². The van der Waals surface area contributed by atoms with Gasteiger partial charge in [-0.05, 0) is 47.1 Å². The Morgan fingerprint density at radius 2 is 1.82 bits per heavy atom. The van der Waals surface area contributed by atoms with Gasteiger partial charge in [0.25, 0.3) is 5.91 Å². The summed E-state index contributed by atoms with van der Waals surface area (Å²) in [4.78, 5) is 37.9. The molecule has 39 heavy (non-hydrogen) atoms. The minimum absolute atomic E-state index is 0.0258. The van der Waals surface area contributed by atoms with Crippen molar-refractivity contribution < 1.29 is 28.2 Å². The maximum Gasteiger partial charge on any atom is 0.337 e. The second-order valence-corrected chi connectivity index (χ2v) is 8.88. The van der Waals surface area contributed by atoms with Crippen LogP contribution in [-0.4, -0.2) is 55.4 Å². The van der Waals surface area contributed by atoms with Crippen molar-refractivity contribution in [3.8, 4) is 0 Å². The molecule has 0 bridgehead atoms. The van der Waals surface area contributed by atoms with Crippen LogP contribution in [0.4, 0.5) is 10.1 Å². The van der Waals surface area contributed by atoms with Crippen molar-refractivity contribution in [1.82, 2.24) is 10.2 Å². The molecular formula is C28H28FN5O5. The molecule has 1 atom stereocenters. The smallest absolute Gasteiger partial charge is 0.337 e. The van der Waals surface area contributed by atoms with E-state index in [0.29, 0.717) is 28.9 Å². The van der Waals surface area contributed by atoms with E-state index < -0.39 is 29.7 Å². The molecule has 4 rings (SSSR count). The van der Waals surface area contributed by atoms with Crippen LogP contribution in [0.1, 0.15) is 27.0 Å². The normalized spacial score (nSPS) is 15.0. The molecule has 1 heterocycles. The highest BCUT2D eigenvalue weighted by atomic mass is 19.1. The molecule has 0 spiro atoms. The predicted octanol–water partition coefficient (Wildman–Crippen LogP) is 2.52. The number of ketones is 1. The number of ether oxygens (including phenoxy) is 2. The number of carbonyl (C=O) groups excluding carboxylic acids is 3. The fourth-order valence-electron chi connectivity index (χ4n) is 4.25. The summed E-state index contributed by atoms with van der Waals surface area (Å²) in [5, 5.41) is 13.9. The number of allylic oxidation sites excluding steroid dienone is 3. The average molecular weight is 534 g/mol. The molecule has 1 aliphatic heterocycles. The first-order valence-corrected chi connectivity index (χ1v) is 12.0. The summed E-state index contributed by atoms with van der Waals surface area (Å²) in [6.07, 6.45) is 3.21. The molecule has 0 saturated heterocycles. The Bertz CT molecular complexity index is 1410. The number of methoxy groups -OCH3 is 2. The molecule has 0 radical (unpaired) electrons. The van der Waals surface area contributed by atoms with Crippen LogP contribution in [0.5, 0.6) is 0 Å². The number of nitrogens with one attached hydrogen (secondary N) is 3. The third kappa shape index (κ3) is 6.04. The molecule has 2 aliphatic rings. The molecule has 0 saturated carbocycles. The van der Waals surface area contributed by atoms with Crippen LogP contribution in [0.15, 0.2) is 77.8 Å². The molecule has 1 aliphatic carbocycles. The van der Waals surface area contributed by atoms with Crippen LogP contribution in [0, 0.1) is 5.41 Å². The molecule has 1 amide bonds. The predicted molar refractivity (Wildman–Crippen MR) is 142 cm³/mol. The topological polar surface area (TPSA) is 147 Å². The van der Waals surface area contributed by atoms with E-state index in [2.05, 4.69) is 10.6 Å². The van der Waals surface area contributed by atoms with Crippen molar-refractivity contribution in [3.05, 3.63) is 100 Å². The number of amidine groups is 1. The van der Waals surface area contributed by atoms with Gasteiger partial charge < -0.3 is 30.7 Å². The molecular weight excluding hydrogens is 505 g/mol. The molecule has 0 aromatic heterocycles. The van der Waals surface area contributed by atoms with Gasteiger partial charge in [-0.1, -0.05) is 24.3 Å². The van der Waals surface area contributed by atoms with Crippen LogP contribution >= 0.6 is 0 Å². The van der Waals surface area contributed by atoms with E-state index in [1.165, 1.54) is 25.2 Å². The van der Waals surface area contributed by atoms with Gasteiger partial charge in [0.2, 0.25) is 12.0 Å². The number of nitrogen functional groups attached to an aromatic ring is 1. The number of nitrogens with two attached hydrogens (primary N) is 1. The van der Waals surface area contributed by atoms with E-state index >= 15 is 0 Å². The lowest BCUT2D eigenvalue weighted by atomic mass is 10.0. The Kier molecular flexibility index (Phi) is 8.21. The van der Waals surface area contributed by atoms with E-state index in [-0.39, 0.29) is 24.5 Å². The van der Waals surface area contributed by atoms with Gasteiger partial charge in [-0.3, -0.25) is 15.0 Å². The van der Waals surface area contributed by atoms with Crippen LogP contribution < -0.4 is 16.4 Å². The zero-order valence-corrected chi connectivity index (χ0v) is 21.4. The van der Waals surface area contributed by atoms with Crippen LogP contribution in [0.25, 0.3) is 0 Å². The van der Waals surface area contributed by atoms with Gasteiger partial charge in [0, 0.05) is 49.8 Å². The van der Waals surface area contributed by atoms with E-state index in [1.54, 1.807) is 48.7 Å². The first-order valence-electron chi connectivity index (χ1n) is 12.0. The van der Waals surface area contributed by atoms with Crippen molar-refractivity contribution in [2.45, 2.75) is 19.3 Å². The number of amides is 1.